The van der Waals surface area contributed by atoms with Crippen LogP contribution in [0.25, 0.3) is 5.95 Å². The minimum Gasteiger partial charge on any atom is -0.342 e. The van der Waals surface area contributed by atoms with Gasteiger partial charge in [0.2, 0.25) is 0 Å². The number of carbonyl (C=O) groups is 1. The number of halogens is 1. The lowest BCUT2D eigenvalue weighted by Gasteiger charge is -2.18. The zero-order chi connectivity index (χ0) is 23.5. The van der Waals surface area contributed by atoms with Crippen molar-refractivity contribution in [3.63, 3.8) is 0 Å². The zero-order valence-corrected chi connectivity index (χ0v) is 19.1. The summed E-state index contributed by atoms with van der Waals surface area (Å²) >= 11 is 6.22. The van der Waals surface area contributed by atoms with E-state index in [0.717, 1.165) is 0 Å². The first kappa shape index (κ1) is 23.1. The Hall–Kier alpha value is -3.55. The summed E-state index contributed by atoms with van der Waals surface area (Å²) in [5, 5.41) is 18.5. The Kier molecular flexibility index (Phi) is 6.72. The predicted molar refractivity (Wildman–Crippen MR) is 118 cm³/mol. The molecule has 0 fully saturated rings. The quantitative estimate of drug-likeness (QED) is 0.540. The molecule has 10 nitrogen and oxygen atoms in total. The van der Waals surface area contributed by atoms with Gasteiger partial charge in [0.05, 0.1) is 24.6 Å². The van der Waals surface area contributed by atoms with Crippen molar-refractivity contribution in [1.82, 2.24) is 30.0 Å². The van der Waals surface area contributed by atoms with Gasteiger partial charge in [-0.3, -0.25) is 9.63 Å². The first-order valence-electron chi connectivity index (χ1n) is 9.71. The summed E-state index contributed by atoms with van der Waals surface area (Å²) in [5.41, 5.74) is 0.185. The van der Waals surface area contributed by atoms with Crippen molar-refractivity contribution < 1.29 is 9.63 Å². The lowest BCUT2D eigenvalue weighted by Crippen LogP contribution is -2.29. The second-order valence-electron chi connectivity index (χ2n) is 7.57. The Balaban J connectivity index is 1.94. The van der Waals surface area contributed by atoms with Gasteiger partial charge in [0.15, 0.2) is 5.82 Å². The van der Waals surface area contributed by atoms with Crippen molar-refractivity contribution in [3.8, 4) is 12.0 Å². The number of hydrogen-bond donors (Lipinski definition) is 1. The molecule has 1 N–H and O–H groups in total. The Bertz CT molecular complexity index is 1160. The Morgan fingerprint density at radius 1 is 1.31 bits per heavy atom. The second-order valence-corrected chi connectivity index (χ2v) is 8.01. The van der Waals surface area contributed by atoms with Crippen LogP contribution in [0.15, 0.2) is 36.7 Å². The maximum Gasteiger partial charge on any atom is 0.269 e. The highest BCUT2D eigenvalue weighted by Gasteiger charge is 2.25. The molecular weight excluding hydrogens is 432 g/mol. The number of aromatic nitrogens is 5. The molecule has 2 heterocycles. The first-order chi connectivity index (χ1) is 15.2. The maximum absolute atomic E-state index is 13.0. The van der Waals surface area contributed by atoms with Crippen LogP contribution in [0.2, 0.25) is 5.02 Å². The molecule has 0 spiro atoms. The Labute approximate surface area is 190 Å². The molecule has 3 rings (SSSR count). The monoisotopic (exact) mass is 454 g/mol. The summed E-state index contributed by atoms with van der Waals surface area (Å²) in [6.07, 6.45) is 3.17. The second kappa shape index (κ2) is 9.30. The molecule has 1 amide bonds. The Morgan fingerprint density at radius 3 is 2.62 bits per heavy atom. The molecule has 32 heavy (non-hydrogen) atoms. The number of carbonyl (C=O) groups excluding carboxylic acids is 1. The largest absolute Gasteiger partial charge is 0.342 e. The van der Waals surface area contributed by atoms with Gasteiger partial charge < -0.3 is 5.32 Å². The highest BCUT2D eigenvalue weighted by molar-refractivity contribution is 6.31. The number of rotatable bonds is 7. The van der Waals surface area contributed by atoms with Gasteiger partial charge in [0.1, 0.15) is 0 Å². The van der Waals surface area contributed by atoms with Gasteiger partial charge in [-0.05, 0) is 50.6 Å². The molecule has 1 atom stereocenters. The van der Waals surface area contributed by atoms with E-state index in [-0.39, 0.29) is 11.9 Å². The number of amides is 1. The van der Waals surface area contributed by atoms with Crippen LogP contribution >= 0.6 is 11.6 Å². The smallest absolute Gasteiger partial charge is 0.269 e. The SMILES string of the molecule is CON(C)c1nc([C@H](C)NC(=O)c2cc(Cl)cc(C(C)(C)C#N)c2)n(-c2ncccn2)n1. The number of anilines is 1. The number of hydroxylamine groups is 1. The summed E-state index contributed by atoms with van der Waals surface area (Å²) in [6, 6.07) is 8.23. The van der Waals surface area contributed by atoms with Crippen LogP contribution in [0.3, 0.4) is 0 Å². The average molecular weight is 455 g/mol. The molecule has 11 heteroatoms. The molecule has 0 aliphatic rings. The molecule has 0 saturated heterocycles. The van der Waals surface area contributed by atoms with Gasteiger partial charge in [-0.2, -0.15) is 14.9 Å². The van der Waals surface area contributed by atoms with Crippen molar-refractivity contribution >= 4 is 23.5 Å². The minimum absolute atomic E-state index is 0.275. The van der Waals surface area contributed by atoms with Gasteiger partial charge in [-0.15, -0.1) is 5.10 Å². The topological polar surface area (TPSA) is 122 Å². The fraction of sp³-hybridized carbons (Fsp3) is 0.333. The van der Waals surface area contributed by atoms with Gasteiger partial charge in [-0.1, -0.05) is 11.6 Å². The van der Waals surface area contributed by atoms with E-state index in [4.69, 9.17) is 16.4 Å². The highest BCUT2D eigenvalue weighted by Crippen LogP contribution is 2.27. The normalized spacial score (nSPS) is 12.2. The van der Waals surface area contributed by atoms with Crippen LogP contribution < -0.4 is 10.4 Å². The molecule has 0 aliphatic heterocycles. The molecular formula is C21H23ClN8O2. The summed E-state index contributed by atoms with van der Waals surface area (Å²) in [5.74, 6) is 0.604. The number of nitrogens with one attached hydrogen (secondary N) is 1. The van der Waals surface area contributed by atoms with Crippen molar-refractivity contribution in [2.45, 2.75) is 32.2 Å². The third-order valence-electron chi connectivity index (χ3n) is 4.81. The first-order valence-corrected chi connectivity index (χ1v) is 10.1. The number of hydrogen-bond acceptors (Lipinski definition) is 8. The number of nitrogens with zero attached hydrogens (tertiary/aromatic N) is 7. The van der Waals surface area contributed by atoms with Crippen molar-refractivity contribution in [3.05, 3.63) is 58.6 Å². The van der Waals surface area contributed by atoms with E-state index in [1.807, 2.05) is 0 Å². The van der Waals surface area contributed by atoms with E-state index in [1.165, 1.54) is 16.9 Å². The number of benzene rings is 1. The van der Waals surface area contributed by atoms with Crippen molar-refractivity contribution in [2.75, 3.05) is 19.2 Å². The van der Waals surface area contributed by atoms with Gasteiger partial charge in [-0.25, -0.2) is 15.0 Å². The van der Waals surface area contributed by atoms with Crippen LogP contribution in [-0.2, 0) is 10.3 Å². The van der Waals surface area contributed by atoms with Crippen LogP contribution in [-0.4, -0.2) is 44.8 Å². The summed E-state index contributed by atoms with van der Waals surface area (Å²) in [4.78, 5) is 31.1. The predicted octanol–water partition coefficient (Wildman–Crippen LogP) is 3.00. The van der Waals surface area contributed by atoms with E-state index in [2.05, 4.69) is 31.4 Å². The van der Waals surface area contributed by atoms with Gasteiger partial charge in [0, 0.05) is 30.0 Å². The highest BCUT2D eigenvalue weighted by atomic mass is 35.5. The van der Waals surface area contributed by atoms with Crippen LogP contribution in [0, 0.1) is 11.3 Å². The number of nitriles is 1. The van der Waals surface area contributed by atoms with E-state index < -0.39 is 11.5 Å². The third kappa shape index (κ3) is 4.85. The molecule has 3 aromatic rings. The van der Waals surface area contributed by atoms with Gasteiger partial charge in [0.25, 0.3) is 17.8 Å². The van der Waals surface area contributed by atoms with E-state index in [1.54, 1.807) is 64.5 Å². The minimum atomic E-state index is -0.796. The summed E-state index contributed by atoms with van der Waals surface area (Å²) in [6.45, 7) is 5.29. The standard InChI is InChI=1S/C21H23ClN8O2/c1-13(26-18(31)14-9-15(11-16(22)10-14)21(2,3)12-23)17-27-20(29(4)32-5)28-30(17)19-24-7-6-8-25-19/h6-11,13H,1-5H3,(H,26,31)/t13-/m0/s1. The molecule has 166 valence electrons. The fourth-order valence-electron chi connectivity index (χ4n) is 2.85. The summed E-state index contributed by atoms with van der Waals surface area (Å²) in [7, 11) is 3.15. The van der Waals surface area contributed by atoms with E-state index in [9.17, 15) is 10.1 Å². The van der Waals surface area contributed by atoms with Crippen LogP contribution in [0.1, 0.15) is 48.6 Å². The van der Waals surface area contributed by atoms with Crippen LogP contribution in [0.5, 0.6) is 0 Å². The molecule has 1 aromatic carbocycles. The molecule has 0 saturated carbocycles. The van der Waals surface area contributed by atoms with Crippen LogP contribution in [0.4, 0.5) is 5.95 Å². The van der Waals surface area contributed by atoms with Crippen molar-refractivity contribution in [1.29, 1.82) is 5.26 Å². The average Bonchev–Trinajstić information content (AvgIpc) is 3.24. The molecule has 0 radical (unpaired) electrons. The lowest BCUT2D eigenvalue weighted by molar-refractivity contribution is 0.0937. The zero-order valence-electron chi connectivity index (χ0n) is 18.4. The van der Waals surface area contributed by atoms with Crippen molar-refractivity contribution in [2.24, 2.45) is 0 Å². The fourth-order valence-corrected chi connectivity index (χ4v) is 3.08. The summed E-state index contributed by atoms with van der Waals surface area (Å²) < 4.78 is 1.44. The van der Waals surface area contributed by atoms with E-state index >= 15 is 0 Å². The molecule has 0 bridgehead atoms. The molecule has 0 unspecified atom stereocenters. The molecule has 2 aromatic heterocycles. The molecule has 0 aliphatic carbocycles. The van der Waals surface area contributed by atoms with E-state index in [0.29, 0.717) is 27.9 Å². The lowest BCUT2D eigenvalue weighted by atomic mass is 9.85. The third-order valence-corrected chi connectivity index (χ3v) is 5.03. The maximum atomic E-state index is 13.0. The Morgan fingerprint density at radius 2 is 2.00 bits per heavy atom. The van der Waals surface area contributed by atoms with Gasteiger partial charge >= 0.3 is 0 Å².